The number of rotatable bonds is 5. The summed E-state index contributed by atoms with van der Waals surface area (Å²) in [6.07, 6.45) is 0. The second-order valence-corrected chi connectivity index (χ2v) is 4.95. The summed E-state index contributed by atoms with van der Waals surface area (Å²) in [5.41, 5.74) is 1.81. The fraction of sp³-hybridized carbons (Fsp3) is 0.467. The Morgan fingerprint density at radius 3 is 2.50 bits per heavy atom. The zero-order chi connectivity index (χ0) is 15.1. The first-order valence-corrected chi connectivity index (χ1v) is 6.76. The lowest BCUT2D eigenvalue weighted by molar-refractivity contribution is -0.137. The van der Waals surface area contributed by atoms with Crippen LogP contribution in [0.5, 0.6) is 0 Å². The molecule has 0 spiro atoms. The molecule has 5 nitrogen and oxygen atoms in total. The van der Waals surface area contributed by atoms with E-state index in [1.54, 1.807) is 0 Å². The minimum Gasteiger partial charge on any atom is -0.347 e. The summed E-state index contributed by atoms with van der Waals surface area (Å²) in [7, 11) is 3.83. The number of carbonyl (C=O) groups excluding carboxylic acids is 2. The first-order chi connectivity index (χ1) is 9.45. The topological polar surface area (TPSA) is 52.7 Å². The quantitative estimate of drug-likeness (QED) is 0.818. The summed E-state index contributed by atoms with van der Waals surface area (Å²) in [5.74, 6) is -1.08. The van der Waals surface area contributed by atoms with E-state index in [0.29, 0.717) is 19.6 Å². The molecule has 0 aromatic heterocycles. The smallest absolute Gasteiger partial charge is 0.316 e. The van der Waals surface area contributed by atoms with Crippen molar-refractivity contribution in [2.24, 2.45) is 0 Å². The molecule has 0 aliphatic rings. The van der Waals surface area contributed by atoms with E-state index >= 15 is 0 Å². The second-order valence-electron chi connectivity index (χ2n) is 4.95. The molecular formula is C15H23N3O2. The standard InChI is InChI=1S/C15H23N3O2/c1-5-18(13-8-6-7-12(2)11-13)15(20)14(19)16-9-10-17(3)4/h6-8,11H,5,9-10H2,1-4H3,(H,16,19). The highest BCUT2D eigenvalue weighted by Gasteiger charge is 2.21. The third-order valence-electron chi connectivity index (χ3n) is 2.91. The zero-order valence-electron chi connectivity index (χ0n) is 12.6. The molecule has 0 atom stereocenters. The number of nitrogens with one attached hydrogen (secondary N) is 1. The van der Waals surface area contributed by atoms with Crippen molar-refractivity contribution < 1.29 is 9.59 Å². The zero-order valence-corrected chi connectivity index (χ0v) is 12.6. The van der Waals surface area contributed by atoms with Gasteiger partial charge in [0.1, 0.15) is 0 Å². The van der Waals surface area contributed by atoms with Crippen LogP contribution >= 0.6 is 0 Å². The van der Waals surface area contributed by atoms with E-state index in [2.05, 4.69) is 5.32 Å². The molecular weight excluding hydrogens is 254 g/mol. The number of likely N-dealkylation sites (N-methyl/N-ethyl adjacent to an activating group) is 2. The Kier molecular flexibility index (Phi) is 6.18. The Morgan fingerprint density at radius 1 is 1.25 bits per heavy atom. The minimum absolute atomic E-state index is 0.461. The van der Waals surface area contributed by atoms with Gasteiger partial charge >= 0.3 is 11.8 Å². The summed E-state index contributed by atoms with van der Waals surface area (Å²) in [6.45, 7) is 5.44. The van der Waals surface area contributed by atoms with Gasteiger partial charge in [-0.3, -0.25) is 9.59 Å². The molecule has 110 valence electrons. The van der Waals surface area contributed by atoms with Crippen LogP contribution in [0.3, 0.4) is 0 Å². The van der Waals surface area contributed by atoms with Crippen molar-refractivity contribution in [1.82, 2.24) is 10.2 Å². The molecule has 0 radical (unpaired) electrons. The Balaban J connectivity index is 2.69. The number of anilines is 1. The van der Waals surface area contributed by atoms with Gasteiger partial charge in [0.25, 0.3) is 0 Å². The van der Waals surface area contributed by atoms with Gasteiger partial charge in [0.05, 0.1) is 0 Å². The summed E-state index contributed by atoms with van der Waals surface area (Å²) in [5, 5.41) is 2.64. The molecule has 0 fully saturated rings. The van der Waals surface area contributed by atoms with Gasteiger partial charge in [0.15, 0.2) is 0 Å². The van der Waals surface area contributed by atoms with Crippen LogP contribution < -0.4 is 10.2 Å². The predicted molar refractivity (Wildman–Crippen MR) is 80.8 cm³/mol. The van der Waals surface area contributed by atoms with Crippen molar-refractivity contribution in [1.29, 1.82) is 0 Å². The average molecular weight is 277 g/mol. The van der Waals surface area contributed by atoms with Crippen molar-refractivity contribution in [3.05, 3.63) is 29.8 Å². The van der Waals surface area contributed by atoms with Crippen LogP contribution in [0.4, 0.5) is 5.69 Å². The van der Waals surface area contributed by atoms with Crippen LogP contribution in [0.1, 0.15) is 12.5 Å². The fourth-order valence-electron chi connectivity index (χ4n) is 1.83. The first-order valence-electron chi connectivity index (χ1n) is 6.76. The molecule has 1 aromatic rings. The molecule has 5 heteroatoms. The molecule has 2 amide bonds. The normalized spacial score (nSPS) is 10.4. The lowest BCUT2D eigenvalue weighted by Crippen LogP contribution is -2.44. The van der Waals surface area contributed by atoms with Crippen molar-refractivity contribution in [3.8, 4) is 0 Å². The predicted octanol–water partition coefficient (Wildman–Crippen LogP) is 1.03. The number of carbonyl (C=O) groups is 2. The van der Waals surface area contributed by atoms with E-state index in [9.17, 15) is 9.59 Å². The van der Waals surface area contributed by atoms with E-state index in [4.69, 9.17) is 0 Å². The molecule has 0 aliphatic heterocycles. The maximum absolute atomic E-state index is 12.2. The first kappa shape index (κ1) is 16.2. The Bertz CT molecular complexity index is 472. The number of nitrogens with zero attached hydrogens (tertiary/aromatic N) is 2. The molecule has 0 heterocycles. The molecule has 1 N–H and O–H groups in total. The van der Waals surface area contributed by atoms with Gasteiger partial charge in [0, 0.05) is 25.3 Å². The van der Waals surface area contributed by atoms with E-state index in [0.717, 1.165) is 11.3 Å². The van der Waals surface area contributed by atoms with Gasteiger partial charge in [-0.05, 0) is 45.6 Å². The molecule has 0 saturated heterocycles. The van der Waals surface area contributed by atoms with E-state index < -0.39 is 11.8 Å². The molecule has 0 saturated carbocycles. The largest absolute Gasteiger partial charge is 0.347 e. The van der Waals surface area contributed by atoms with E-state index in [1.807, 2.05) is 57.1 Å². The molecule has 20 heavy (non-hydrogen) atoms. The van der Waals surface area contributed by atoms with Crippen LogP contribution in [0.2, 0.25) is 0 Å². The highest BCUT2D eigenvalue weighted by atomic mass is 16.2. The van der Waals surface area contributed by atoms with Crippen LogP contribution in [-0.4, -0.2) is 50.4 Å². The van der Waals surface area contributed by atoms with Crippen molar-refractivity contribution >= 4 is 17.5 Å². The van der Waals surface area contributed by atoms with Crippen LogP contribution in [0.25, 0.3) is 0 Å². The number of amides is 2. The Hall–Kier alpha value is -1.88. The highest BCUT2D eigenvalue weighted by Crippen LogP contribution is 2.15. The third-order valence-corrected chi connectivity index (χ3v) is 2.91. The van der Waals surface area contributed by atoms with Crippen molar-refractivity contribution in [3.63, 3.8) is 0 Å². The van der Waals surface area contributed by atoms with Crippen LogP contribution in [-0.2, 0) is 9.59 Å². The van der Waals surface area contributed by atoms with E-state index in [1.165, 1.54) is 4.90 Å². The highest BCUT2D eigenvalue weighted by molar-refractivity contribution is 6.40. The van der Waals surface area contributed by atoms with Crippen molar-refractivity contribution in [2.75, 3.05) is 38.6 Å². The average Bonchev–Trinajstić information content (AvgIpc) is 2.39. The van der Waals surface area contributed by atoms with Gasteiger partial charge in [-0.1, -0.05) is 12.1 Å². The lowest BCUT2D eigenvalue weighted by Gasteiger charge is -2.21. The third kappa shape index (κ3) is 4.66. The number of hydrogen-bond donors (Lipinski definition) is 1. The number of hydrogen-bond acceptors (Lipinski definition) is 3. The van der Waals surface area contributed by atoms with E-state index in [-0.39, 0.29) is 0 Å². The number of benzene rings is 1. The SMILES string of the molecule is CCN(C(=O)C(=O)NCCN(C)C)c1cccc(C)c1. The molecule has 1 aromatic carbocycles. The maximum atomic E-state index is 12.2. The van der Waals surface area contributed by atoms with Gasteiger partial charge < -0.3 is 15.1 Å². The number of aryl methyl sites for hydroxylation is 1. The Labute approximate surface area is 120 Å². The summed E-state index contributed by atoms with van der Waals surface area (Å²) >= 11 is 0. The maximum Gasteiger partial charge on any atom is 0.316 e. The monoisotopic (exact) mass is 277 g/mol. The summed E-state index contributed by atoms with van der Waals surface area (Å²) in [6, 6.07) is 7.57. The molecule has 0 bridgehead atoms. The summed E-state index contributed by atoms with van der Waals surface area (Å²) in [4.78, 5) is 27.5. The van der Waals surface area contributed by atoms with Crippen LogP contribution in [0, 0.1) is 6.92 Å². The van der Waals surface area contributed by atoms with Gasteiger partial charge in [-0.2, -0.15) is 0 Å². The molecule has 0 unspecified atom stereocenters. The van der Waals surface area contributed by atoms with Crippen molar-refractivity contribution in [2.45, 2.75) is 13.8 Å². The summed E-state index contributed by atoms with van der Waals surface area (Å²) < 4.78 is 0. The van der Waals surface area contributed by atoms with Gasteiger partial charge in [-0.25, -0.2) is 0 Å². The Morgan fingerprint density at radius 2 is 1.95 bits per heavy atom. The minimum atomic E-state index is -0.560. The second kappa shape index (κ2) is 7.65. The van der Waals surface area contributed by atoms with Gasteiger partial charge in [0.2, 0.25) is 0 Å². The molecule has 0 aliphatic carbocycles. The fourth-order valence-corrected chi connectivity index (χ4v) is 1.83. The lowest BCUT2D eigenvalue weighted by atomic mass is 10.2. The molecule has 1 rings (SSSR count). The van der Waals surface area contributed by atoms with Gasteiger partial charge in [-0.15, -0.1) is 0 Å². The van der Waals surface area contributed by atoms with Crippen LogP contribution in [0.15, 0.2) is 24.3 Å².